The fraction of sp³-hybridized carbons (Fsp3) is 0.702. The third-order valence-corrected chi connectivity index (χ3v) is 10.9. The number of ether oxygens (including phenoxy) is 3. The maximum Gasteiger partial charge on any atom is 0.306 e. The average Bonchev–Trinajstić information content (AvgIpc) is 3.28. The number of hydrogen-bond acceptors (Lipinski definition) is 6. The number of carbonyl (C=O) groups is 3. The number of esters is 3. The van der Waals surface area contributed by atoms with Crippen LogP contribution in [0, 0.1) is 0 Å². The zero-order valence-electron chi connectivity index (χ0n) is 41.1. The second-order valence-corrected chi connectivity index (χ2v) is 17.1. The van der Waals surface area contributed by atoms with Crippen LogP contribution < -0.4 is 0 Å². The van der Waals surface area contributed by atoms with E-state index in [1.54, 1.807) is 0 Å². The van der Waals surface area contributed by atoms with Crippen LogP contribution in [-0.2, 0) is 28.6 Å². The van der Waals surface area contributed by atoms with Gasteiger partial charge in [-0.3, -0.25) is 14.4 Å². The summed E-state index contributed by atoms with van der Waals surface area (Å²) in [5, 5.41) is 0. The second kappa shape index (κ2) is 51.2. The van der Waals surface area contributed by atoms with Crippen LogP contribution in [0.25, 0.3) is 0 Å². The van der Waals surface area contributed by atoms with Crippen molar-refractivity contribution in [1.29, 1.82) is 0 Å². The molecule has 0 saturated heterocycles. The smallest absolute Gasteiger partial charge is 0.306 e. The molecule has 0 heterocycles. The van der Waals surface area contributed by atoms with Crippen LogP contribution in [0.3, 0.4) is 0 Å². The predicted molar refractivity (Wildman–Crippen MR) is 270 cm³/mol. The number of carbonyl (C=O) groups excluding carboxylic acids is 3. The van der Waals surface area contributed by atoms with Crippen molar-refractivity contribution in [2.75, 3.05) is 13.2 Å². The molecule has 0 aromatic carbocycles. The Kier molecular flexibility index (Phi) is 48.5. The van der Waals surface area contributed by atoms with E-state index in [-0.39, 0.29) is 31.1 Å². The van der Waals surface area contributed by atoms with Gasteiger partial charge in [0.1, 0.15) is 13.2 Å². The molecule has 0 aromatic heterocycles. The van der Waals surface area contributed by atoms with Gasteiger partial charge in [0, 0.05) is 19.3 Å². The van der Waals surface area contributed by atoms with Crippen molar-refractivity contribution >= 4 is 17.9 Å². The molecule has 6 heteroatoms. The molecule has 0 aromatic rings. The van der Waals surface area contributed by atoms with Crippen molar-refractivity contribution in [3.05, 3.63) is 85.1 Å². The molecule has 0 aliphatic carbocycles. The highest BCUT2D eigenvalue weighted by atomic mass is 16.6. The molecule has 0 saturated carbocycles. The van der Waals surface area contributed by atoms with E-state index in [9.17, 15) is 14.4 Å². The van der Waals surface area contributed by atoms with Crippen LogP contribution >= 0.6 is 0 Å². The van der Waals surface area contributed by atoms with E-state index in [0.29, 0.717) is 19.3 Å². The van der Waals surface area contributed by atoms with Crippen LogP contribution in [0.4, 0.5) is 0 Å². The Morgan fingerprint density at radius 3 is 1.05 bits per heavy atom. The molecule has 0 spiro atoms. The number of hydrogen-bond donors (Lipinski definition) is 0. The molecule has 360 valence electrons. The molecule has 0 bridgehead atoms. The first kappa shape index (κ1) is 59.6. The second-order valence-electron chi connectivity index (χ2n) is 17.1. The number of unbranched alkanes of at least 4 members (excludes halogenated alkanes) is 23. The quantitative estimate of drug-likeness (QED) is 0.0199. The maximum atomic E-state index is 12.8. The zero-order chi connectivity index (χ0) is 45.8. The summed E-state index contributed by atoms with van der Waals surface area (Å²) in [6.07, 6.45) is 65.5. The molecule has 1 atom stereocenters. The summed E-state index contributed by atoms with van der Waals surface area (Å²) >= 11 is 0. The fourth-order valence-electron chi connectivity index (χ4n) is 6.90. The standard InChI is InChI=1S/C57H96O6/c1-4-7-10-13-16-19-22-25-28-31-34-37-40-43-46-49-55(58)61-52-54(63-57(60)51-48-45-42-39-36-33-30-27-24-21-18-15-12-9-6-3)53-62-56(59)50-47-44-41-38-35-32-29-26-23-20-17-14-11-8-5-2/h13,16-22,25-30,54H,4-12,14-15,23-24,31-53H2,1-3H3/b16-13-,20-17-,21-18-,22-19+,28-25-,29-26-,30-27-. The third kappa shape index (κ3) is 49.5. The van der Waals surface area contributed by atoms with E-state index in [0.717, 1.165) is 135 Å². The van der Waals surface area contributed by atoms with Crippen molar-refractivity contribution in [3.63, 3.8) is 0 Å². The van der Waals surface area contributed by atoms with E-state index in [4.69, 9.17) is 14.2 Å². The highest BCUT2D eigenvalue weighted by Crippen LogP contribution is 2.13. The van der Waals surface area contributed by atoms with E-state index in [2.05, 4.69) is 106 Å². The van der Waals surface area contributed by atoms with Gasteiger partial charge in [-0.15, -0.1) is 0 Å². The lowest BCUT2D eigenvalue weighted by Crippen LogP contribution is -2.30. The Balaban J connectivity index is 4.48. The van der Waals surface area contributed by atoms with E-state index < -0.39 is 6.10 Å². The molecule has 0 amide bonds. The molecule has 0 fully saturated rings. The van der Waals surface area contributed by atoms with Gasteiger partial charge in [-0.05, 0) is 103 Å². The third-order valence-electron chi connectivity index (χ3n) is 10.9. The van der Waals surface area contributed by atoms with Gasteiger partial charge in [0.2, 0.25) is 0 Å². The first-order chi connectivity index (χ1) is 31.0. The Bertz CT molecular complexity index is 1240. The highest BCUT2D eigenvalue weighted by Gasteiger charge is 2.19. The fourth-order valence-corrected chi connectivity index (χ4v) is 6.90. The van der Waals surface area contributed by atoms with Gasteiger partial charge in [-0.1, -0.05) is 202 Å². The average molecular weight is 877 g/mol. The van der Waals surface area contributed by atoms with Gasteiger partial charge < -0.3 is 14.2 Å². The Labute approximate surface area is 388 Å². The van der Waals surface area contributed by atoms with Crippen molar-refractivity contribution in [3.8, 4) is 0 Å². The molecule has 1 unspecified atom stereocenters. The summed E-state index contributed by atoms with van der Waals surface area (Å²) in [4.78, 5) is 38.0. The first-order valence-corrected chi connectivity index (χ1v) is 26.1. The Morgan fingerprint density at radius 1 is 0.333 bits per heavy atom. The first-order valence-electron chi connectivity index (χ1n) is 26.1. The van der Waals surface area contributed by atoms with Crippen LogP contribution in [0.2, 0.25) is 0 Å². The largest absolute Gasteiger partial charge is 0.462 e. The summed E-state index contributed by atoms with van der Waals surface area (Å²) in [5.41, 5.74) is 0. The topological polar surface area (TPSA) is 78.9 Å². The minimum atomic E-state index is -0.798. The monoisotopic (exact) mass is 877 g/mol. The van der Waals surface area contributed by atoms with Crippen molar-refractivity contribution in [2.24, 2.45) is 0 Å². The summed E-state index contributed by atoms with van der Waals surface area (Å²) in [6, 6.07) is 0. The number of allylic oxidation sites excluding steroid dienone is 14. The van der Waals surface area contributed by atoms with Crippen molar-refractivity contribution in [1.82, 2.24) is 0 Å². The summed E-state index contributed by atoms with van der Waals surface area (Å²) in [6.45, 7) is 6.49. The molecule has 0 radical (unpaired) electrons. The van der Waals surface area contributed by atoms with E-state index in [1.807, 2.05) is 0 Å². The van der Waals surface area contributed by atoms with Crippen LogP contribution in [0.1, 0.15) is 239 Å². The lowest BCUT2D eigenvalue weighted by Gasteiger charge is -2.18. The van der Waals surface area contributed by atoms with Crippen LogP contribution in [0.15, 0.2) is 85.1 Å². The molecule has 63 heavy (non-hydrogen) atoms. The van der Waals surface area contributed by atoms with Crippen molar-refractivity contribution in [2.45, 2.75) is 245 Å². The summed E-state index contributed by atoms with van der Waals surface area (Å²) in [5.74, 6) is -0.944. The highest BCUT2D eigenvalue weighted by molar-refractivity contribution is 5.71. The Morgan fingerprint density at radius 2 is 0.651 bits per heavy atom. The maximum absolute atomic E-state index is 12.8. The molecule has 0 aliphatic rings. The molecule has 0 N–H and O–H groups in total. The Hall–Kier alpha value is -3.41. The molecule has 0 rings (SSSR count). The normalized spacial score (nSPS) is 12.7. The predicted octanol–water partition coefficient (Wildman–Crippen LogP) is 17.2. The van der Waals surface area contributed by atoms with Crippen LogP contribution in [0.5, 0.6) is 0 Å². The lowest BCUT2D eigenvalue weighted by atomic mass is 10.1. The summed E-state index contributed by atoms with van der Waals surface area (Å²) < 4.78 is 16.8. The molecular weight excluding hydrogens is 781 g/mol. The van der Waals surface area contributed by atoms with Crippen LogP contribution in [-0.4, -0.2) is 37.2 Å². The zero-order valence-corrected chi connectivity index (χ0v) is 41.1. The van der Waals surface area contributed by atoms with E-state index >= 15 is 0 Å². The van der Waals surface area contributed by atoms with Gasteiger partial charge in [0.05, 0.1) is 0 Å². The molecule has 6 nitrogen and oxygen atoms in total. The van der Waals surface area contributed by atoms with Gasteiger partial charge in [0.15, 0.2) is 6.10 Å². The lowest BCUT2D eigenvalue weighted by molar-refractivity contribution is -0.167. The SMILES string of the molecule is CCCC\C=C/C=C/C=C\CCCCCCCC(=O)OCC(COC(=O)CCCCCCC/C=C\C/C=C\CCCCC)OC(=O)CCCCCCC/C=C\C/C=C\CCCCC. The minimum absolute atomic E-state index is 0.0970. The summed E-state index contributed by atoms with van der Waals surface area (Å²) in [7, 11) is 0. The molecule has 0 aliphatic heterocycles. The molecular formula is C57H96O6. The van der Waals surface area contributed by atoms with Gasteiger partial charge in [-0.25, -0.2) is 0 Å². The van der Waals surface area contributed by atoms with Gasteiger partial charge >= 0.3 is 17.9 Å². The van der Waals surface area contributed by atoms with Gasteiger partial charge in [0.25, 0.3) is 0 Å². The van der Waals surface area contributed by atoms with E-state index in [1.165, 1.54) is 64.2 Å². The van der Waals surface area contributed by atoms with Crippen molar-refractivity contribution < 1.29 is 28.6 Å². The minimum Gasteiger partial charge on any atom is -0.462 e. The van der Waals surface area contributed by atoms with Gasteiger partial charge in [-0.2, -0.15) is 0 Å². The number of rotatable bonds is 46.